The van der Waals surface area contributed by atoms with Gasteiger partial charge in [-0.3, -0.25) is 9.36 Å². The zero-order valence-electron chi connectivity index (χ0n) is 34.1. The largest absolute Gasteiger partial charge is 0.756 e. The molecule has 302 valence electrons. The van der Waals surface area contributed by atoms with Crippen LogP contribution in [0.15, 0.2) is 24.3 Å². The van der Waals surface area contributed by atoms with Gasteiger partial charge in [-0.25, -0.2) is 0 Å². The fourth-order valence-electron chi connectivity index (χ4n) is 5.68. The molecular weight excluding hydrogens is 661 g/mol. The van der Waals surface area contributed by atoms with Crippen molar-refractivity contribution in [3.8, 4) is 0 Å². The number of allylic oxidation sites excluding steroid dienone is 4. The summed E-state index contributed by atoms with van der Waals surface area (Å²) < 4.78 is 34.5. The number of phosphoric ester groups is 1. The van der Waals surface area contributed by atoms with Crippen molar-refractivity contribution in [2.75, 3.05) is 54.1 Å². The van der Waals surface area contributed by atoms with Crippen LogP contribution in [0.5, 0.6) is 0 Å². The fourth-order valence-corrected chi connectivity index (χ4v) is 6.41. The molecule has 0 fully saturated rings. The number of rotatable bonds is 39. The van der Waals surface area contributed by atoms with Gasteiger partial charge >= 0.3 is 5.97 Å². The molecule has 0 amide bonds. The van der Waals surface area contributed by atoms with Gasteiger partial charge in [-0.2, -0.15) is 0 Å². The SMILES string of the molecule is CCCC/C=C\C/C=C\CCCCCCCC(=O)OC(COCCCCCCCCCCCCCCCCC)COP(=O)([O-])OCC[N+](C)(C)C. The first-order valence-corrected chi connectivity index (χ1v) is 22.5. The first-order chi connectivity index (χ1) is 24.6. The van der Waals surface area contributed by atoms with Crippen LogP contribution in [0.2, 0.25) is 0 Å². The number of esters is 1. The second-order valence-electron chi connectivity index (χ2n) is 15.4. The first kappa shape index (κ1) is 50.0. The molecule has 0 saturated carbocycles. The second-order valence-corrected chi connectivity index (χ2v) is 16.8. The van der Waals surface area contributed by atoms with Gasteiger partial charge in [-0.05, 0) is 38.5 Å². The van der Waals surface area contributed by atoms with E-state index in [0.29, 0.717) is 24.1 Å². The number of nitrogens with zero attached hydrogens (tertiary/aromatic N) is 1. The van der Waals surface area contributed by atoms with Crippen LogP contribution >= 0.6 is 7.82 Å². The van der Waals surface area contributed by atoms with Crippen LogP contribution in [0.25, 0.3) is 0 Å². The Labute approximate surface area is 315 Å². The minimum absolute atomic E-state index is 0.0250. The molecule has 0 rings (SSSR count). The third-order valence-corrected chi connectivity index (χ3v) is 9.97. The van der Waals surface area contributed by atoms with Crippen molar-refractivity contribution in [1.82, 2.24) is 0 Å². The summed E-state index contributed by atoms with van der Waals surface area (Å²) >= 11 is 0. The van der Waals surface area contributed by atoms with Gasteiger partial charge < -0.3 is 27.9 Å². The summed E-state index contributed by atoms with van der Waals surface area (Å²) in [4.78, 5) is 25.0. The van der Waals surface area contributed by atoms with Crippen LogP contribution in [0, 0.1) is 0 Å². The van der Waals surface area contributed by atoms with Gasteiger partial charge in [-0.15, -0.1) is 0 Å². The molecule has 0 aliphatic rings. The Morgan fingerprint density at radius 3 is 1.65 bits per heavy atom. The average molecular weight is 744 g/mol. The quantitative estimate of drug-likeness (QED) is 0.0203. The maximum absolute atomic E-state index is 12.6. The molecule has 0 aromatic rings. The van der Waals surface area contributed by atoms with Crippen LogP contribution in [-0.4, -0.2) is 70.7 Å². The van der Waals surface area contributed by atoms with E-state index in [1.54, 1.807) is 0 Å². The van der Waals surface area contributed by atoms with Gasteiger partial charge in [0.05, 0.1) is 34.4 Å². The number of likely N-dealkylation sites (N-methyl/N-ethyl adjacent to an activating group) is 1. The van der Waals surface area contributed by atoms with E-state index in [2.05, 4.69) is 38.2 Å². The van der Waals surface area contributed by atoms with Gasteiger partial charge in [0.15, 0.2) is 0 Å². The minimum atomic E-state index is -4.52. The van der Waals surface area contributed by atoms with Crippen molar-refractivity contribution in [3.05, 3.63) is 24.3 Å². The lowest BCUT2D eigenvalue weighted by Crippen LogP contribution is -2.37. The smallest absolute Gasteiger partial charge is 0.306 e. The van der Waals surface area contributed by atoms with E-state index >= 15 is 0 Å². The highest BCUT2D eigenvalue weighted by Gasteiger charge is 2.20. The molecule has 0 saturated heterocycles. The summed E-state index contributed by atoms with van der Waals surface area (Å²) in [6.07, 6.45) is 38.9. The summed E-state index contributed by atoms with van der Waals surface area (Å²) in [5.41, 5.74) is 0. The van der Waals surface area contributed by atoms with Gasteiger partial charge in [-0.1, -0.05) is 160 Å². The van der Waals surface area contributed by atoms with Crippen molar-refractivity contribution >= 4 is 13.8 Å². The molecule has 0 spiro atoms. The maximum Gasteiger partial charge on any atom is 0.306 e. The molecule has 51 heavy (non-hydrogen) atoms. The van der Waals surface area contributed by atoms with Crippen LogP contribution in [0.3, 0.4) is 0 Å². The Hall–Kier alpha value is -1.02. The van der Waals surface area contributed by atoms with E-state index in [-0.39, 0.29) is 25.8 Å². The Bertz CT molecular complexity index is 874. The van der Waals surface area contributed by atoms with Crippen molar-refractivity contribution in [1.29, 1.82) is 0 Å². The van der Waals surface area contributed by atoms with Crippen LogP contribution in [-0.2, 0) is 27.9 Å². The summed E-state index contributed by atoms with van der Waals surface area (Å²) in [6.45, 7) is 5.37. The monoisotopic (exact) mass is 744 g/mol. The number of unbranched alkanes of at least 4 members (excludes halogenated alkanes) is 21. The number of hydrogen-bond donors (Lipinski definition) is 0. The highest BCUT2D eigenvalue weighted by atomic mass is 31.2. The van der Waals surface area contributed by atoms with Crippen molar-refractivity contribution < 1.29 is 37.3 Å². The summed E-state index contributed by atoms with van der Waals surface area (Å²) in [5, 5.41) is 0. The number of ether oxygens (including phenoxy) is 2. The zero-order valence-corrected chi connectivity index (χ0v) is 35.0. The van der Waals surface area contributed by atoms with Crippen molar-refractivity contribution in [2.45, 2.75) is 187 Å². The maximum atomic E-state index is 12.6. The molecule has 9 heteroatoms. The Kier molecular flexibility index (Phi) is 35.3. The van der Waals surface area contributed by atoms with E-state index in [1.807, 2.05) is 21.1 Å². The molecule has 0 aromatic carbocycles. The standard InChI is InChI=1S/C42H82NO7P/c1-6-8-10-12-14-16-18-20-22-24-26-28-30-32-34-37-47-39-41(40-49-51(45,46)48-38-36-43(3,4)5)50-42(44)35-33-31-29-27-25-23-21-19-17-15-13-11-9-7-2/h13,15,19,21,41H,6-12,14,16-18,20,22-40H2,1-5H3/b15-13-,21-19-. The van der Waals surface area contributed by atoms with Crippen LogP contribution in [0.4, 0.5) is 0 Å². The molecule has 0 heterocycles. The predicted octanol–water partition coefficient (Wildman–Crippen LogP) is 11.4. The normalized spacial score (nSPS) is 14.1. The summed E-state index contributed by atoms with van der Waals surface area (Å²) in [7, 11) is 1.35. The molecule has 0 aromatic heterocycles. The summed E-state index contributed by atoms with van der Waals surface area (Å²) in [5.74, 6) is -0.346. The van der Waals surface area contributed by atoms with Gasteiger partial charge in [0, 0.05) is 13.0 Å². The molecule has 0 aliphatic carbocycles. The summed E-state index contributed by atoms with van der Waals surface area (Å²) in [6, 6.07) is 0. The Morgan fingerprint density at radius 1 is 0.608 bits per heavy atom. The highest BCUT2D eigenvalue weighted by Crippen LogP contribution is 2.38. The highest BCUT2D eigenvalue weighted by molar-refractivity contribution is 7.45. The average Bonchev–Trinajstić information content (AvgIpc) is 3.08. The number of hydrogen-bond acceptors (Lipinski definition) is 7. The molecule has 0 N–H and O–H groups in total. The molecule has 2 unspecified atom stereocenters. The zero-order chi connectivity index (χ0) is 37.7. The van der Waals surface area contributed by atoms with Gasteiger partial charge in [0.25, 0.3) is 7.82 Å². The fraction of sp³-hybridized carbons (Fsp3) is 0.881. The van der Waals surface area contributed by atoms with Crippen molar-refractivity contribution in [2.24, 2.45) is 0 Å². The third-order valence-electron chi connectivity index (χ3n) is 9.01. The number of carbonyl (C=O) groups is 1. The van der Waals surface area contributed by atoms with E-state index in [0.717, 1.165) is 57.8 Å². The lowest BCUT2D eigenvalue weighted by Gasteiger charge is -2.28. The second kappa shape index (κ2) is 36.0. The molecule has 0 radical (unpaired) electrons. The lowest BCUT2D eigenvalue weighted by molar-refractivity contribution is -0.870. The van der Waals surface area contributed by atoms with Gasteiger partial charge in [0.2, 0.25) is 0 Å². The molecular formula is C42H82NO7P. The van der Waals surface area contributed by atoms with E-state index in [4.69, 9.17) is 18.5 Å². The molecule has 2 atom stereocenters. The van der Waals surface area contributed by atoms with E-state index in [9.17, 15) is 14.3 Å². The van der Waals surface area contributed by atoms with E-state index in [1.165, 1.54) is 103 Å². The van der Waals surface area contributed by atoms with Gasteiger partial charge in [0.1, 0.15) is 19.3 Å². The first-order valence-electron chi connectivity index (χ1n) is 21.1. The number of quaternary nitrogens is 1. The molecule has 0 bridgehead atoms. The predicted molar refractivity (Wildman–Crippen MR) is 213 cm³/mol. The Morgan fingerprint density at radius 2 is 1.10 bits per heavy atom. The van der Waals surface area contributed by atoms with E-state index < -0.39 is 13.9 Å². The minimum Gasteiger partial charge on any atom is -0.756 e. The molecule has 0 aliphatic heterocycles. The topological polar surface area (TPSA) is 94.1 Å². The number of carbonyl (C=O) groups excluding carboxylic acids is 1. The van der Waals surface area contributed by atoms with Crippen LogP contribution < -0.4 is 4.89 Å². The lowest BCUT2D eigenvalue weighted by atomic mass is 10.0. The molecule has 8 nitrogen and oxygen atoms in total. The number of phosphoric acid groups is 1. The third kappa shape index (κ3) is 40.0. The van der Waals surface area contributed by atoms with Crippen molar-refractivity contribution in [3.63, 3.8) is 0 Å². The van der Waals surface area contributed by atoms with Crippen LogP contribution in [0.1, 0.15) is 181 Å². The Balaban J connectivity index is 4.26.